The van der Waals surface area contributed by atoms with Crippen molar-refractivity contribution in [3.8, 4) is 17.2 Å². The first-order chi connectivity index (χ1) is 6.06. The Morgan fingerprint density at radius 2 is 1.64 bits per heavy atom. The van der Waals surface area contributed by atoms with Crippen LogP contribution in [0.15, 0.2) is 12.1 Å². The predicted molar refractivity (Wildman–Crippen MR) is 56.2 cm³/mol. The van der Waals surface area contributed by atoms with Crippen LogP contribution in [-0.4, -0.2) is 26.9 Å². The van der Waals surface area contributed by atoms with E-state index in [4.69, 9.17) is 22.1 Å². The number of rotatable bonds is 2. The molecule has 4 nitrogen and oxygen atoms in total. The number of phenols is 3. The molecule has 1 rings (SSSR count). The Kier molecular flexibility index (Phi) is 4.53. The summed E-state index contributed by atoms with van der Waals surface area (Å²) in [5, 5.41) is 34.8. The molecule has 1 aromatic carbocycles. The summed E-state index contributed by atoms with van der Waals surface area (Å²) in [5.41, 5.74) is -0.149. The Hall–Kier alpha value is -1.13. The van der Waals surface area contributed by atoms with Crippen LogP contribution in [0.3, 0.4) is 0 Å². The monoisotopic (exact) mass is 237 g/mol. The minimum atomic E-state index is -0.358. The molecule has 0 atom stereocenters. The second-order valence-corrected chi connectivity index (χ2v) is 2.74. The van der Waals surface area contributed by atoms with Gasteiger partial charge in [-0.1, -0.05) is 0 Å². The molecule has 6 heteroatoms. The number of alkyl halides is 1. The number of hydrogen-bond acceptors (Lipinski definition) is 4. The van der Waals surface area contributed by atoms with Gasteiger partial charge in [0, 0.05) is 12.1 Å². The van der Waals surface area contributed by atoms with Crippen molar-refractivity contribution in [2.24, 2.45) is 0 Å². The van der Waals surface area contributed by atoms with E-state index in [2.05, 4.69) is 0 Å². The van der Waals surface area contributed by atoms with Gasteiger partial charge in [0.1, 0.15) is 17.2 Å². The summed E-state index contributed by atoms with van der Waals surface area (Å²) in [6.45, 7) is 0. The summed E-state index contributed by atoms with van der Waals surface area (Å²) in [5.74, 6) is -1.10. The van der Waals surface area contributed by atoms with Crippen LogP contribution in [0, 0.1) is 5.41 Å². The van der Waals surface area contributed by atoms with Crippen LogP contribution in [-0.2, 0) is 0 Å². The van der Waals surface area contributed by atoms with E-state index < -0.39 is 0 Å². The van der Waals surface area contributed by atoms with Gasteiger partial charge in [0.05, 0.1) is 17.2 Å². The lowest BCUT2D eigenvalue weighted by Gasteiger charge is -2.06. The van der Waals surface area contributed by atoms with Gasteiger partial charge in [-0.3, -0.25) is 0 Å². The van der Waals surface area contributed by atoms with E-state index in [1.807, 2.05) is 0 Å². The van der Waals surface area contributed by atoms with E-state index in [9.17, 15) is 10.2 Å². The molecule has 0 amide bonds. The van der Waals surface area contributed by atoms with Gasteiger partial charge in [-0.05, 0) is 0 Å². The van der Waals surface area contributed by atoms with Crippen molar-refractivity contribution in [1.29, 1.82) is 5.41 Å². The third kappa shape index (κ3) is 2.43. The quantitative estimate of drug-likeness (QED) is 0.468. The molecule has 0 spiro atoms. The number of aromatic hydroxyl groups is 3. The van der Waals surface area contributed by atoms with Crippen LogP contribution >= 0.6 is 24.0 Å². The zero-order valence-electron chi connectivity index (χ0n) is 6.99. The van der Waals surface area contributed by atoms with Crippen LogP contribution < -0.4 is 0 Å². The van der Waals surface area contributed by atoms with E-state index in [0.717, 1.165) is 12.1 Å². The SMILES string of the molecule is Cl.N=C(CCl)c1c(O)cc(O)cc1O. The highest BCUT2D eigenvalue weighted by atomic mass is 35.5. The highest BCUT2D eigenvalue weighted by Crippen LogP contribution is 2.32. The maximum Gasteiger partial charge on any atom is 0.132 e. The van der Waals surface area contributed by atoms with Gasteiger partial charge in [0.2, 0.25) is 0 Å². The Bertz CT molecular complexity index is 331. The van der Waals surface area contributed by atoms with Crippen LogP contribution in [0.4, 0.5) is 0 Å². The fourth-order valence-electron chi connectivity index (χ4n) is 0.973. The third-order valence-corrected chi connectivity index (χ3v) is 1.78. The van der Waals surface area contributed by atoms with E-state index in [1.54, 1.807) is 0 Å². The summed E-state index contributed by atoms with van der Waals surface area (Å²) in [6.07, 6.45) is 0. The average molecular weight is 238 g/mol. The van der Waals surface area contributed by atoms with Crippen molar-refractivity contribution in [3.05, 3.63) is 17.7 Å². The molecule has 78 valence electrons. The first-order valence-corrected chi connectivity index (χ1v) is 3.98. The molecule has 0 aliphatic heterocycles. The summed E-state index contributed by atoms with van der Waals surface area (Å²) < 4.78 is 0. The molecule has 14 heavy (non-hydrogen) atoms. The van der Waals surface area contributed by atoms with Crippen molar-refractivity contribution in [2.75, 3.05) is 5.88 Å². The molecule has 0 bridgehead atoms. The third-order valence-electron chi connectivity index (χ3n) is 1.52. The molecule has 0 aliphatic rings. The lowest BCUT2D eigenvalue weighted by Crippen LogP contribution is -2.01. The average Bonchev–Trinajstić information content (AvgIpc) is 2.02. The fraction of sp³-hybridized carbons (Fsp3) is 0.125. The van der Waals surface area contributed by atoms with Crippen LogP contribution in [0.25, 0.3) is 0 Å². The van der Waals surface area contributed by atoms with E-state index in [1.165, 1.54) is 0 Å². The molecular formula is C8H9Cl2NO3. The van der Waals surface area contributed by atoms with E-state index >= 15 is 0 Å². The fourth-order valence-corrected chi connectivity index (χ4v) is 1.11. The van der Waals surface area contributed by atoms with Crippen molar-refractivity contribution >= 4 is 29.7 Å². The zero-order valence-corrected chi connectivity index (χ0v) is 8.56. The number of nitrogens with one attached hydrogen (secondary N) is 1. The molecule has 0 aliphatic carbocycles. The normalized spacial score (nSPS) is 9.21. The van der Waals surface area contributed by atoms with Crippen molar-refractivity contribution in [2.45, 2.75) is 0 Å². The number of benzene rings is 1. The Morgan fingerprint density at radius 1 is 1.21 bits per heavy atom. The summed E-state index contributed by atoms with van der Waals surface area (Å²) in [7, 11) is 0. The molecule has 0 heterocycles. The topological polar surface area (TPSA) is 84.5 Å². The van der Waals surface area contributed by atoms with Crippen molar-refractivity contribution < 1.29 is 15.3 Å². The Morgan fingerprint density at radius 3 is 2.00 bits per heavy atom. The number of hydrogen-bond donors (Lipinski definition) is 4. The van der Waals surface area contributed by atoms with Crippen LogP contribution in [0.5, 0.6) is 17.2 Å². The zero-order chi connectivity index (χ0) is 10.0. The standard InChI is InChI=1S/C8H8ClNO3.ClH/c9-3-5(10)8-6(12)1-4(11)2-7(8)13;/h1-2,10-13H,3H2;1H. The number of halogens is 2. The van der Waals surface area contributed by atoms with Crippen molar-refractivity contribution in [3.63, 3.8) is 0 Å². The Balaban J connectivity index is 0.00000169. The summed E-state index contributed by atoms with van der Waals surface area (Å²) >= 11 is 5.36. The molecule has 0 saturated heterocycles. The van der Waals surface area contributed by atoms with Crippen LogP contribution in [0.1, 0.15) is 5.56 Å². The maximum atomic E-state index is 9.25. The molecule has 4 N–H and O–H groups in total. The lowest BCUT2D eigenvalue weighted by molar-refractivity contribution is 0.426. The minimum absolute atomic E-state index is 0. The van der Waals surface area contributed by atoms with E-state index in [0.29, 0.717) is 0 Å². The van der Waals surface area contributed by atoms with Gasteiger partial charge in [-0.2, -0.15) is 0 Å². The summed E-state index contributed by atoms with van der Waals surface area (Å²) in [6, 6.07) is 2.08. The molecule has 0 radical (unpaired) electrons. The maximum absolute atomic E-state index is 9.25. The van der Waals surface area contributed by atoms with E-state index in [-0.39, 0.29) is 46.8 Å². The number of phenolic OH excluding ortho intramolecular Hbond substituents is 3. The van der Waals surface area contributed by atoms with Gasteiger partial charge >= 0.3 is 0 Å². The summed E-state index contributed by atoms with van der Waals surface area (Å²) in [4.78, 5) is 0. The van der Waals surface area contributed by atoms with Gasteiger partial charge in [-0.15, -0.1) is 24.0 Å². The second kappa shape index (κ2) is 4.93. The lowest BCUT2D eigenvalue weighted by atomic mass is 10.1. The Labute approximate surface area is 91.7 Å². The highest BCUT2D eigenvalue weighted by Gasteiger charge is 2.13. The molecule has 0 saturated carbocycles. The predicted octanol–water partition coefficient (Wildman–Crippen LogP) is 1.83. The first kappa shape index (κ1) is 12.9. The molecule has 0 fully saturated rings. The smallest absolute Gasteiger partial charge is 0.132 e. The minimum Gasteiger partial charge on any atom is -0.508 e. The molecule has 0 unspecified atom stereocenters. The van der Waals surface area contributed by atoms with Gasteiger partial charge < -0.3 is 20.7 Å². The second-order valence-electron chi connectivity index (χ2n) is 2.47. The van der Waals surface area contributed by atoms with Crippen LogP contribution in [0.2, 0.25) is 0 Å². The molecular weight excluding hydrogens is 229 g/mol. The van der Waals surface area contributed by atoms with Crippen molar-refractivity contribution in [1.82, 2.24) is 0 Å². The van der Waals surface area contributed by atoms with Gasteiger partial charge in [0.25, 0.3) is 0 Å². The van der Waals surface area contributed by atoms with Gasteiger partial charge in [0.15, 0.2) is 0 Å². The molecule has 0 aromatic heterocycles. The largest absolute Gasteiger partial charge is 0.508 e. The first-order valence-electron chi connectivity index (χ1n) is 3.45. The highest BCUT2D eigenvalue weighted by molar-refractivity contribution is 6.31. The van der Waals surface area contributed by atoms with Gasteiger partial charge in [-0.25, -0.2) is 0 Å². The molecule has 1 aromatic rings.